The highest BCUT2D eigenvalue weighted by atomic mass is 35.5. The molecule has 0 radical (unpaired) electrons. The molecule has 18 heavy (non-hydrogen) atoms. The number of anilines is 1. The van der Waals surface area contributed by atoms with Gasteiger partial charge in [-0.3, -0.25) is 0 Å². The molecule has 94 valence electrons. The third-order valence-electron chi connectivity index (χ3n) is 2.62. The van der Waals surface area contributed by atoms with Gasteiger partial charge in [0.2, 0.25) is 0 Å². The Kier molecular flexibility index (Phi) is 4.53. The van der Waals surface area contributed by atoms with E-state index in [1.54, 1.807) is 6.33 Å². The van der Waals surface area contributed by atoms with Crippen LogP contribution in [0.4, 0.5) is 5.82 Å². The molecule has 1 heterocycles. The van der Waals surface area contributed by atoms with Gasteiger partial charge in [-0.1, -0.05) is 37.1 Å². The Labute approximate surface area is 112 Å². The van der Waals surface area contributed by atoms with Crippen molar-refractivity contribution in [1.29, 1.82) is 0 Å². The summed E-state index contributed by atoms with van der Waals surface area (Å²) in [5.41, 5.74) is 2.25. The summed E-state index contributed by atoms with van der Waals surface area (Å²) >= 11 is 5.84. The van der Waals surface area contributed by atoms with Gasteiger partial charge < -0.3 is 5.32 Å². The van der Waals surface area contributed by atoms with Gasteiger partial charge in [0.05, 0.1) is 0 Å². The largest absolute Gasteiger partial charge is 0.366 e. The molecule has 1 N–H and O–H groups in total. The van der Waals surface area contributed by atoms with Gasteiger partial charge in [0, 0.05) is 23.3 Å². The van der Waals surface area contributed by atoms with Gasteiger partial charge in [0.15, 0.2) is 0 Å². The number of rotatable bonds is 5. The van der Waals surface area contributed by atoms with Gasteiger partial charge in [-0.2, -0.15) is 0 Å². The number of hydrogen-bond donors (Lipinski definition) is 1. The van der Waals surface area contributed by atoms with Crippen molar-refractivity contribution in [3.8, 4) is 0 Å². The van der Waals surface area contributed by atoms with E-state index in [-0.39, 0.29) is 0 Å². The molecule has 0 aliphatic heterocycles. The van der Waals surface area contributed by atoms with Crippen LogP contribution in [0, 0.1) is 0 Å². The molecule has 1 aromatic carbocycles. The second-order valence-corrected chi connectivity index (χ2v) is 4.56. The van der Waals surface area contributed by atoms with Crippen molar-refractivity contribution >= 4 is 17.4 Å². The van der Waals surface area contributed by atoms with E-state index in [4.69, 9.17) is 11.6 Å². The maximum absolute atomic E-state index is 5.84. The summed E-state index contributed by atoms with van der Waals surface area (Å²) in [6.45, 7) is 2.88. The lowest BCUT2D eigenvalue weighted by atomic mass is 10.2. The maximum Gasteiger partial charge on any atom is 0.129 e. The van der Waals surface area contributed by atoms with E-state index in [0.717, 1.165) is 35.9 Å². The average Bonchev–Trinajstić information content (AvgIpc) is 2.39. The Bertz CT molecular complexity index is 497. The number of aromatic nitrogens is 2. The molecule has 0 aliphatic rings. The Morgan fingerprint density at radius 1 is 1.17 bits per heavy atom. The Morgan fingerprint density at radius 2 is 1.94 bits per heavy atom. The smallest absolute Gasteiger partial charge is 0.129 e. The van der Waals surface area contributed by atoms with Gasteiger partial charge in [0.25, 0.3) is 0 Å². The predicted molar refractivity (Wildman–Crippen MR) is 74.8 cm³/mol. The molecule has 4 heteroatoms. The minimum absolute atomic E-state index is 0.736. The minimum Gasteiger partial charge on any atom is -0.366 e. The average molecular weight is 262 g/mol. The van der Waals surface area contributed by atoms with Crippen molar-refractivity contribution in [2.45, 2.75) is 26.3 Å². The zero-order chi connectivity index (χ0) is 12.8. The number of aryl methyl sites for hydroxylation is 1. The van der Waals surface area contributed by atoms with E-state index in [1.165, 1.54) is 5.56 Å². The number of hydrogen-bond acceptors (Lipinski definition) is 3. The second-order valence-electron chi connectivity index (χ2n) is 4.12. The molecular weight excluding hydrogens is 246 g/mol. The summed E-state index contributed by atoms with van der Waals surface area (Å²) in [6.07, 6.45) is 3.68. The summed E-state index contributed by atoms with van der Waals surface area (Å²) in [5, 5.41) is 4.04. The van der Waals surface area contributed by atoms with E-state index in [1.807, 2.05) is 30.3 Å². The first-order valence-corrected chi connectivity index (χ1v) is 6.45. The summed E-state index contributed by atoms with van der Waals surface area (Å²) in [7, 11) is 0. The molecule has 1 aromatic heterocycles. The van der Waals surface area contributed by atoms with E-state index in [0.29, 0.717) is 0 Å². The van der Waals surface area contributed by atoms with Crippen molar-refractivity contribution in [2.24, 2.45) is 0 Å². The van der Waals surface area contributed by atoms with E-state index >= 15 is 0 Å². The molecule has 0 unspecified atom stereocenters. The molecule has 0 saturated heterocycles. The molecule has 0 bridgehead atoms. The van der Waals surface area contributed by atoms with Crippen molar-refractivity contribution in [3.05, 3.63) is 52.9 Å². The quantitative estimate of drug-likeness (QED) is 0.892. The number of benzene rings is 1. The second kappa shape index (κ2) is 6.36. The van der Waals surface area contributed by atoms with Crippen molar-refractivity contribution in [3.63, 3.8) is 0 Å². The summed E-state index contributed by atoms with van der Waals surface area (Å²) in [6, 6.07) is 9.79. The van der Waals surface area contributed by atoms with E-state index < -0.39 is 0 Å². The van der Waals surface area contributed by atoms with Crippen LogP contribution >= 0.6 is 11.6 Å². The molecule has 0 atom stereocenters. The standard InChI is InChI=1S/C14H16ClN3/c1-2-3-13-8-14(18-10-17-13)16-9-11-4-6-12(15)7-5-11/h4-8,10H,2-3,9H2,1H3,(H,16,17,18). The van der Waals surface area contributed by atoms with Gasteiger partial charge in [0.1, 0.15) is 12.1 Å². The highest BCUT2D eigenvalue weighted by molar-refractivity contribution is 6.30. The van der Waals surface area contributed by atoms with Crippen molar-refractivity contribution < 1.29 is 0 Å². The van der Waals surface area contributed by atoms with Gasteiger partial charge in [-0.05, 0) is 24.1 Å². The summed E-state index contributed by atoms with van der Waals surface area (Å²) in [5.74, 6) is 0.864. The van der Waals surface area contributed by atoms with Crippen LogP contribution < -0.4 is 5.32 Å². The Balaban J connectivity index is 1.97. The van der Waals surface area contributed by atoms with Gasteiger partial charge in [-0.25, -0.2) is 9.97 Å². The fourth-order valence-corrected chi connectivity index (χ4v) is 1.81. The lowest BCUT2D eigenvalue weighted by molar-refractivity contribution is 0.871. The molecule has 0 fully saturated rings. The normalized spacial score (nSPS) is 10.3. The van der Waals surface area contributed by atoms with E-state index in [2.05, 4.69) is 22.2 Å². The summed E-state index contributed by atoms with van der Waals surface area (Å²) < 4.78 is 0. The summed E-state index contributed by atoms with van der Waals surface area (Å²) in [4.78, 5) is 8.43. The highest BCUT2D eigenvalue weighted by Crippen LogP contribution is 2.11. The Hall–Kier alpha value is -1.61. The zero-order valence-corrected chi connectivity index (χ0v) is 11.1. The highest BCUT2D eigenvalue weighted by Gasteiger charge is 1.98. The van der Waals surface area contributed by atoms with Crippen LogP contribution in [0.15, 0.2) is 36.7 Å². The van der Waals surface area contributed by atoms with Gasteiger partial charge in [-0.15, -0.1) is 0 Å². The third kappa shape index (κ3) is 3.70. The van der Waals surface area contributed by atoms with Crippen molar-refractivity contribution in [1.82, 2.24) is 9.97 Å². The molecular formula is C14H16ClN3. The third-order valence-corrected chi connectivity index (χ3v) is 2.87. The van der Waals surface area contributed by atoms with Crippen LogP contribution in [0.25, 0.3) is 0 Å². The van der Waals surface area contributed by atoms with Gasteiger partial charge >= 0.3 is 0 Å². The Morgan fingerprint density at radius 3 is 2.67 bits per heavy atom. The van der Waals surface area contributed by atoms with Crippen LogP contribution in [-0.4, -0.2) is 9.97 Å². The fourth-order valence-electron chi connectivity index (χ4n) is 1.68. The molecule has 0 amide bonds. The maximum atomic E-state index is 5.84. The lowest BCUT2D eigenvalue weighted by Gasteiger charge is -2.06. The van der Waals surface area contributed by atoms with Crippen LogP contribution in [0.1, 0.15) is 24.6 Å². The molecule has 3 nitrogen and oxygen atoms in total. The predicted octanol–water partition coefficient (Wildman–Crippen LogP) is 3.69. The molecule has 0 spiro atoms. The lowest BCUT2D eigenvalue weighted by Crippen LogP contribution is -2.02. The van der Waals surface area contributed by atoms with Crippen LogP contribution in [-0.2, 0) is 13.0 Å². The first-order chi connectivity index (χ1) is 8.78. The topological polar surface area (TPSA) is 37.8 Å². The molecule has 2 rings (SSSR count). The first kappa shape index (κ1) is 12.8. The first-order valence-electron chi connectivity index (χ1n) is 6.07. The van der Waals surface area contributed by atoms with Crippen LogP contribution in [0.2, 0.25) is 5.02 Å². The monoisotopic (exact) mass is 261 g/mol. The van der Waals surface area contributed by atoms with Crippen LogP contribution in [0.5, 0.6) is 0 Å². The number of nitrogens with one attached hydrogen (secondary N) is 1. The van der Waals surface area contributed by atoms with Crippen molar-refractivity contribution in [2.75, 3.05) is 5.32 Å². The van der Waals surface area contributed by atoms with Crippen LogP contribution in [0.3, 0.4) is 0 Å². The molecule has 0 aliphatic carbocycles. The fraction of sp³-hybridized carbons (Fsp3) is 0.286. The zero-order valence-electron chi connectivity index (χ0n) is 10.4. The number of halogens is 1. The van der Waals surface area contributed by atoms with E-state index in [9.17, 15) is 0 Å². The molecule has 2 aromatic rings. The number of nitrogens with zero attached hydrogens (tertiary/aromatic N) is 2. The SMILES string of the molecule is CCCc1cc(NCc2ccc(Cl)cc2)ncn1. The molecule has 0 saturated carbocycles. The minimum atomic E-state index is 0.736.